The van der Waals surface area contributed by atoms with Crippen molar-refractivity contribution in [1.29, 1.82) is 5.26 Å². The minimum absolute atomic E-state index is 0.243. The third kappa shape index (κ3) is 1.17. The van der Waals surface area contributed by atoms with Crippen molar-refractivity contribution in [1.82, 2.24) is 9.78 Å². The van der Waals surface area contributed by atoms with E-state index in [9.17, 15) is 0 Å². The molecule has 1 atom stereocenters. The van der Waals surface area contributed by atoms with Gasteiger partial charge in [0.2, 0.25) is 0 Å². The van der Waals surface area contributed by atoms with E-state index in [0.29, 0.717) is 5.69 Å². The minimum atomic E-state index is -0.243. The zero-order valence-electron chi connectivity index (χ0n) is 6.57. The molecule has 0 amide bonds. The highest BCUT2D eigenvalue weighted by molar-refractivity contribution is 5.40. The SMILES string of the molecule is Cc1c(N)cnn1[C@H](C)C#N. The van der Waals surface area contributed by atoms with E-state index in [1.165, 1.54) is 0 Å². The second kappa shape index (κ2) is 2.62. The van der Waals surface area contributed by atoms with Crippen LogP contribution in [0.5, 0.6) is 0 Å². The summed E-state index contributed by atoms with van der Waals surface area (Å²) in [6.07, 6.45) is 1.56. The topological polar surface area (TPSA) is 67.6 Å². The van der Waals surface area contributed by atoms with E-state index in [2.05, 4.69) is 11.2 Å². The quantitative estimate of drug-likeness (QED) is 0.645. The third-order valence-corrected chi connectivity index (χ3v) is 1.64. The summed E-state index contributed by atoms with van der Waals surface area (Å²) < 4.78 is 1.61. The monoisotopic (exact) mass is 150 g/mol. The fraction of sp³-hybridized carbons (Fsp3) is 0.429. The van der Waals surface area contributed by atoms with Gasteiger partial charge in [0.05, 0.1) is 23.6 Å². The van der Waals surface area contributed by atoms with Crippen molar-refractivity contribution >= 4 is 5.69 Å². The van der Waals surface area contributed by atoms with Crippen molar-refractivity contribution in [3.05, 3.63) is 11.9 Å². The van der Waals surface area contributed by atoms with E-state index in [0.717, 1.165) is 5.69 Å². The predicted octanol–water partition coefficient (Wildman–Crippen LogP) is 0.858. The lowest BCUT2D eigenvalue weighted by Gasteiger charge is -2.04. The lowest BCUT2D eigenvalue weighted by Crippen LogP contribution is -2.06. The molecular formula is C7H10N4. The summed E-state index contributed by atoms with van der Waals surface area (Å²) in [6, 6.07) is 1.84. The standard InChI is InChI=1S/C7H10N4/c1-5(3-8)11-6(2)7(9)4-10-11/h4-5H,9H2,1-2H3/t5-/m1/s1. The second-order valence-electron chi connectivity index (χ2n) is 2.43. The van der Waals surface area contributed by atoms with Crippen molar-refractivity contribution in [3.63, 3.8) is 0 Å². The van der Waals surface area contributed by atoms with Gasteiger partial charge < -0.3 is 5.73 Å². The molecule has 4 nitrogen and oxygen atoms in total. The van der Waals surface area contributed by atoms with Crippen LogP contribution < -0.4 is 5.73 Å². The number of hydrogen-bond acceptors (Lipinski definition) is 3. The van der Waals surface area contributed by atoms with Crippen LogP contribution in [0.1, 0.15) is 18.7 Å². The van der Waals surface area contributed by atoms with Gasteiger partial charge in [-0.2, -0.15) is 10.4 Å². The molecule has 58 valence electrons. The first kappa shape index (κ1) is 7.61. The van der Waals surface area contributed by atoms with Gasteiger partial charge in [-0.05, 0) is 13.8 Å². The van der Waals surface area contributed by atoms with Crippen LogP contribution in [-0.4, -0.2) is 9.78 Å². The Labute approximate surface area is 65.2 Å². The molecule has 0 aliphatic heterocycles. The molecule has 1 rings (SSSR count). The summed E-state index contributed by atoms with van der Waals surface area (Å²) in [7, 11) is 0. The number of nitrogens with zero attached hydrogens (tertiary/aromatic N) is 3. The fourth-order valence-corrected chi connectivity index (χ4v) is 0.882. The normalized spacial score (nSPS) is 12.5. The van der Waals surface area contributed by atoms with Gasteiger partial charge in [0.1, 0.15) is 6.04 Å². The van der Waals surface area contributed by atoms with Gasteiger partial charge in [-0.15, -0.1) is 0 Å². The highest BCUT2D eigenvalue weighted by Gasteiger charge is 2.07. The first-order chi connectivity index (χ1) is 5.16. The van der Waals surface area contributed by atoms with Gasteiger partial charge in [0.25, 0.3) is 0 Å². The zero-order valence-corrected chi connectivity index (χ0v) is 6.57. The highest BCUT2D eigenvalue weighted by atomic mass is 15.3. The predicted molar refractivity (Wildman–Crippen MR) is 41.7 cm³/mol. The Morgan fingerprint density at radius 3 is 2.82 bits per heavy atom. The molecule has 0 saturated heterocycles. The second-order valence-corrected chi connectivity index (χ2v) is 2.43. The third-order valence-electron chi connectivity index (χ3n) is 1.64. The molecule has 0 fully saturated rings. The van der Waals surface area contributed by atoms with Crippen LogP contribution in [0.15, 0.2) is 6.20 Å². The number of rotatable bonds is 1. The average molecular weight is 150 g/mol. The molecule has 0 bridgehead atoms. The van der Waals surface area contributed by atoms with E-state index in [4.69, 9.17) is 11.0 Å². The van der Waals surface area contributed by atoms with Crippen molar-refractivity contribution in [2.24, 2.45) is 0 Å². The van der Waals surface area contributed by atoms with E-state index in [1.807, 2.05) is 6.92 Å². The molecular weight excluding hydrogens is 140 g/mol. The number of anilines is 1. The molecule has 4 heteroatoms. The molecule has 0 saturated carbocycles. The maximum Gasteiger partial charge on any atom is 0.136 e. The summed E-state index contributed by atoms with van der Waals surface area (Å²) >= 11 is 0. The summed E-state index contributed by atoms with van der Waals surface area (Å²) in [6.45, 7) is 3.62. The summed E-state index contributed by atoms with van der Waals surface area (Å²) in [5.41, 5.74) is 7.02. The van der Waals surface area contributed by atoms with Gasteiger partial charge in [-0.1, -0.05) is 0 Å². The van der Waals surface area contributed by atoms with Crippen molar-refractivity contribution < 1.29 is 0 Å². The summed E-state index contributed by atoms with van der Waals surface area (Å²) in [5.74, 6) is 0. The van der Waals surface area contributed by atoms with Gasteiger partial charge in [0, 0.05) is 0 Å². The van der Waals surface area contributed by atoms with E-state index < -0.39 is 0 Å². The fourth-order valence-electron chi connectivity index (χ4n) is 0.882. The number of nitriles is 1. The number of nitrogen functional groups attached to an aromatic ring is 1. The molecule has 0 aromatic carbocycles. The Morgan fingerprint density at radius 2 is 2.45 bits per heavy atom. The van der Waals surface area contributed by atoms with Crippen LogP contribution in [-0.2, 0) is 0 Å². The molecule has 11 heavy (non-hydrogen) atoms. The first-order valence-corrected chi connectivity index (χ1v) is 3.36. The van der Waals surface area contributed by atoms with E-state index >= 15 is 0 Å². The molecule has 0 spiro atoms. The van der Waals surface area contributed by atoms with Crippen LogP contribution >= 0.6 is 0 Å². The van der Waals surface area contributed by atoms with Crippen molar-refractivity contribution in [2.75, 3.05) is 5.73 Å². The summed E-state index contributed by atoms with van der Waals surface area (Å²) in [4.78, 5) is 0. The lowest BCUT2D eigenvalue weighted by atomic mass is 10.3. The van der Waals surface area contributed by atoms with Crippen LogP contribution in [0.25, 0.3) is 0 Å². The van der Waals surface area contributed by atoms with Gasteiger partial charge in [-0.25, -0.2) is 0 Å². The Kier molecular flexibility index (Phi) is 1.81. The molecule has 0 aliphatic rings. The van der Waals surface area contributed by atoms with Crippen LogP contribution in [0.4, 0.5) is 5.69 Å². The molecule has 2 N–H and O–H groups in total. The molecule has 1 aromatic heterocycles. The van der Waals surface area contributed by atoms with Crippen molar-refractivity contribution in [2.45, 2.75) is 19.9 Å². The average Bonchev–Trinajstić information content (AvgIpc) is 2.32. The highest BCUT2D eigenvalue weighted by Crippen LogP contribution is 2.13. The van der Waals surface area contributed by atoms with E-state index in [1.54, 1.807) is 17.8 Å². The molecule has 1 aromatic rings. The maximum absolute atomic E-state index is 8.57. The molecule has 0 unspecified atom stereocenters. The molecule has 0 radical (unpaired) electrons. The number of aromatic nitrogens is 2. The van der Waals surface area contributed by atoms with Crippen LogP contribution in [0.3, 0.4) is 0 Å². The maximum atomic E-state index is 8.57. The first-order valence-electron chi connectivity index (χ1n) is 3.36. The smallest absolute Gasteiger partial charge is 0.136 e. The lowest BCUT2D eigenvalue weighted by molar-refractivity contribution is 0.575. The molecule has 0 aliphatic carbocycles. The van der Waals surface area contributed by atoms with Gasteiger partial charge in [0.15, 0.2) is 0 Å². The summed E-state index contributed by atoms with van der Waals surface area (Å²) in [5, 5.41) is 12.5. The van der Waals surface area contributed by atoms with Crippen LogP contribution in [0, 0.1) is 18.3 Å². The van der Waals surface area contributed by atoms with E-state index in [-0.39, 0.29) is 6.04 Å². The molecule has 1 heterocycles. The van der Waals surface area contributed by atoms with Gasteiger partial charge in [-0.3, -0.25) is 4.68 Å². The van der Waals surface area contributed by atoms with Crippen LogP contribution in [0.2, 0.25) is 0 Å². The Hall–Kier alpha value is -1.50. The number of nitrogens with two attached hydrogens (primary N) is 1. The van der Waals surface area contributed by atoms with Crippen molar-refractivity contribution in [3.8, 4) is 6.07 Å². The Morgan fingerprint density at radius 1 is 1.82 bits per heavy atom. The zero-order chi connectivity index (χ0) is 8.43. The Bertz CT molecular complexity index is 294. The number of hydrogen-bond donors (Lipinski definition) is 1. The Balaban J connectivity index is 3.07. The minimum Gasteiger partial charge on any atom is -0.396 e. The largest absolute Gasteiger partial charge is 0.396 e. The van der Waals surface area contributed by atoms with Gasteiger partial charge >= 0.3 is 0 Å².